The van der Waals surface area contributed by atoms with E-state index in [2.05, 4.69) is 20.6 Å². The van der Waals surface area contributed by atoms with Gasteiger partial charge in [0.25, 0.3) is 0 Å². The lowest BCUT2D eigenvalue weighted by Gasteiger charge is -2.25. The molecule has 1 rings (SSSR count). The number of carbonyl (C=O) groups is 5. The maximum absolute atomic E-state index is 12.5. The van der Waals surface area contributed by atoms with Crippen molar-refractivity contribution in [3.8, 4) is 0 Å². The van der Waals surface area contributed by atoms with Crippen LogP contribution in [0.25, 0.3) is 0 Å². The number of carboxylic acid groups (broad SMARTS) is 2. The fraction of sp³-hybridized carbons (Fsp3) is 0.529. The van der Waals surface area contributed by atoms with Gasteiger partial charge in [-0.1, -0.05) is 0 Å². The Kier molecular flexibility index (Phi) is 10.2. The number of carbonyl (C=O) groups excluding carboxylic acids is 3. The van der Waals surface area contributed by atoms with E-state index in [0.717, 1.165) is 0 Å². The third-order valence-electron chi connectivity index (χ3n) is 4.20. The quantitative estimate of drug-likeness (QED) is 0.136. The smallest absolute Gasteiger partial charge is 0.326 e. The summed E-state index contributed by atoms with van der Waals surface area (Å²) in [6.07, 6.45) is 0.526. The first-order chi connectivity index (χ1) is 15.0. The molecule has 0 aliphatic rings. The number of imidazole rings is 1. The lowest BCUT2D eigenvalue weighted by Crippen LogP contribution is -2.60. The van der Waals surface area contributed by atoms with Crippen molar-refractivity contribution in [1.29, 1.82) is 0 Å². The van der Waals surface area contributed by atoms with Gasteiger partial charge in [0.2, 0.25) is 17.7 Å². The Balaban J connectivity index is 2.79. The molecule has 1 heterocycles. The number of aliphatic carboxylic acids is 2. The van der Waals surface area contributed by atoms with Crippen LogP contribution in [0.1, 0.15) is 19.0 Å². The average molecular weight is 458 g/mol. The van der Waals surface area contributed by atoms with Crippen LogP contribution in [0.5, 0.6) is 0 Å². The van der Waals surface area contributed by atoms with Gasteiger partial charge in [-0.2, -0.15) is 0 Å². The molecular weight excluding hydrogens is 432 g/mol. The predicted molar refractivity (Wildman–Crippen MR) is 105 cm³/mol. The molecule has 0 saturated heterocycles. The number of nitrogens with one attached hydrogen (secondary N) is 4. The van der Waals surface area contributed by atoms with Crippen LogP contribution in [0.15, 0.2) is 12.5 Å². The maximum atomic E-state index is 12.5. The molecule has 5 unspecified atom stereocenters. The molecule has 178 valence electrons. The van der Waals surface area contributed by atoms with Gasteiger partial charge in [-0.15, -0.1) is 0 Å². The fourth-order valence-electron chi connectivity index (χ4n) is 2.49. The second-order valence-electron chi connectivity index (χ2n) is 6.86. The molecule has 3 amide bonds. The summed E-state index contributed by atoms with van der Waals surface area (Å²) in [5.74, 6) is -6.17. The van der Waals surface area contributed by atoms with Gasteiger partial charge in [0, 0.05) is 18.3 Å². The van der Waals surface area contributed by atoms with Crippen molar-refractivity contribution in [2.75, 3.05) is 6.61 Å². The molecule has 0 radical (unpaired) electrons. The summed E-state index contributed by atoms with van der Waals surface area (Å²) in [7, 11) is 0. The van der Waals surface area contributed by atoms with Crippen molar-refractivity contribution in [1.82, 2.24) is 25.9 Å². The van der Waals surface area contributed by atoms with Gasteiger partial charge in [0.05, 0.1) is 31.5 Å². The highest BCUT2D eigenvalue weighted by Crippen LogP contribution is 2.01. The number of amides is 3. The zero-order valence-corrected chi connectivity index (χ0v) is 17.0. The van der Waals surface area contributed by atoms with Gasteiger partial charge >= 0.3 is 11.9 Å². The number of aliphatic hydroxyl groups excluding tert-OH is 2. The van der Waals surface area contributed by atoms with Crippen LogP contribution in [-0.2, 0) is 30.4 Å². The molecule has 32 heavy (non-hydrogen) atoms. The van der Waals surface area contributed by atoms with Crippen molar-refractivity contribution < 1.29 is 44.4 Å². The maximum Gasteiger partial charge on any atom is 0.326 e. The van der Waals surface area contributed by atoms with E-state index in [1.807, 2.05) is 5.32 Å². The van der Waals surface area contributed by atoms with E-state index < -0.39 is 73.0 Å². The molecular formula is C17H26N6O9. The summed E-state index contributed by atoms with van der Waals surface area (Å²) < 4.78 is 0. The summed E-state index contributed by atoms with van der Waals surface area (Å²) in [5.41, 5.74) is 6.33. The van der Waals surface area contributed by atoms with Crippen LogP contribution in [0.3, 0.4) is 0 Å². The first-order valence-corrected chi connectivity index (χ1v) is 9.33. The summed E-state index contributed by atoms with van der Waals surface area (Å²) in [6, 6.07) is -6.16. The Bertz CT molecular complexity index is 813. The van der Waals surface area contributed by atoms with Crippen LogP contribution in [0, 0.1) is 0 Å². The monoisotopic (exact) mass is 458 g/mol. The zero-order valence-electron chi connectivity index (χ0n) is 17.0. The minimum atomic E-state index is -1.81. The highest BCUT2D eigenvalue weighted by atomic mass is 16.4. The molecule has 0 fully saturated rings. The second-order valence-corrected chi connectivity index (χ2v) is 6.86. The molecule has 0 saturated carbocycles. The zero-order chi connectivity index (χ0) is 24.4. The molecule has 15 heteroatoms. The van der Waals surface area contributed by atoms with Gasteiger partial charge < -0.3 is 47.1 Å². The molecule has 0 spiro atoms. The summed E-state index contributed by atoms with van der Waals surface area (Å²) >= 11 is 0. The Morgan fingerprint density at radius 3 is 2.16 bits per heavy atom. The topological polar surface area (TPSA) is 257 Å². The van der Waals surface area contributed by atoms with Gasteiger partial charge in [0.15, 0.2) is 0 Å². The fourth-order valence-corrected chi connectivity index (χ4v) is 2.49. The normalized spacial score (nSPS) is 15.5. The third-order valence-corrected chi connectivity index (χ3v) is 4.20. The lowest BCUT2D eigenvalue weighted by molar-refractivity contribution is -0.147. The Hall–Kier alpha value is -3.56. The van der Waals surface area contributed by atoms with Gasteiger partial charge in [-0.05, 0) is 6.92 Å². The van der Waals surface area contributed by atoms with E-state index in [9.17, 15) is 34.2 Å². The lowest BCUT2D eigenvalue weighted by atomic mass is 10.1. The SMILES string of the molecule is CC(O)C(NC(=O)C(N)Cc1cnc[nH]1)C(=O)NC(CO)C(=O)NC(CC(=O)O)C(=O)O. The molecule has 0 aromatic carbocycles. The van der Waals surface area contributed by atoms with E-state index in [4.69, 9.17) is 15.9 Å². The molecule has 0 aliphatic heterocycles. The number of rotatable bonds is 13. The molecule has 15 nitrogen and oxygen atoms in total. The van der Waals surface area contributed by atoms with Gasteiger partial charge in [0.1, 0.15) is 18.1 Å². The van der Waals surface area contributed by atoms with Crippen LogP contribution in [0.4, 0.5) is 0 Å². The van der Waals surface area contributed by atoms with Crippen LogP contribution in [-0.4, -0.2) is 96.9 Å². The Labute approximate surface area is 181 Å². The van der Waals surface area contributed by atoms with Crippen LogP contribution >= 0.6 is 0 Å². The van der Waals surface area contributed by atoms with E-state index in [1.165, 1.54) is 19.4 Å². The van der Waals surface area contributed by atoms with Crippen molar-refractivity contribution in [3.63, 3.8) is 0 Å². The van der Waals surface area contributed by atoms with Crippen molar-refractivity contribution >= 4 is 29.7 Å². The van der Waals surface area contributed by atoms with Crippen LogP contribution < -0.4 is 21.7 Å². The molecule has 10 N–H and O–H groups in total. The summed E-state index contributed by atoms with van der Waals surface area (Å²) in [6.45, 7) is 0.211. The summed E-state index contributed by atoms with van der Waals surface area (Å²) in [5, 5.41) is 43.1. The Morgan fingerprint density at radius 2 is 1.69 bits per heavy atom. The molecule has 5 atom stereocenters. The number of aromatic nitrogens is 2. The van der Waals surface area contributed by atoms with E-state index in [-0.39, 0.29) is 6.42 Å². The van der Waals surface area contributed by atoms with Crippen molar-refractivity contribution in [2.24, 2.45) is 5.73 Å². The minimum Gasteiger partial charge on any atom is -0.481 e. The standard InChI is InChI=1S/C17H26N6O9/c1-7(25)13(23-14(28)9(18)2-8-4-19-6-20-8)16(30)22-11(5-24)15(29)21-10(17(31)32)3-12(26)27/h4,6-7,9-11,13,24-25H,2-3,5,18H2,1H3,(H,19,20)(H,21,29)(H,22,30)(H,23,28)(H,26,27)(H,31,32). The van der Waals surface area contributed by atoms with Gasteiger partial charge in [-0.25, -0.2) is 9.78 Å². The number of aliphatic hydroxyl groups is 2. The number of hydrogen-bond acceptors (Lipinski definition) is 9. The van der Waals surface area contributed by atoms with Crippen LogP contribution in [0.2, 0.25) is 0 Å². The first-order valence-electron chi connectivity index (χ1n) is 9.33. The number of hydrogen-bond donors (Lipinski definition) is 9. The highest BCUT2D eigenvalue weighted by Gasteiger charge is 2.32. The third kappa shape index (κ3) is 8.29. The highest BCUT2D eigenvalue weighted by molar-refractivity contribution is 5.95. The van der Waals surface area contributed by atoms with E-state index >= 15 is 0 Å². The van der Waals surface area contributed by atoms with E-state index in [1.54, 1.807) is 0 Å². The summed E-state index contributed by atoms with van der Waals surface area (Å²) in [4.78, 5) is 65.3. The van der Waals surface area contributed by atoms with E-state index in [0.29, 0.717) is 5.69 Å². The van der Waals surface area contributed by atoms with Gasteiger partial charge in [-0.3, -0.25) is 19.2 Å². The average Bonchev–Trinajstić information content (AvgIpc) is 3.21. The molecule has 0 bridgehead atoms. The second kappa shape index (κ2) is 12.3. The predicted octanol–water partition coefficient (Wildman–Crippen LogP) is -4.33. The largest absolute Gasteiger partial charge is 0.481 e. The Morgan fingerprint density at radius 1 is 1.06 bits per heavy atom. The minimum absolute atomic E-state index is 0.0573. The first kappa shape index (κ1) is 26.5. The number of nitrogens with two attached hydrogens (primary N) is 1. The number of aromatic amines is 1. The molecule has 1 aromatic heterocycles. The van der Waals surface area contributed by atoms with Crippen molar-refractivity contribution in [2.45, 2.75) is 50.0 Å². The number of nitrogens with zero attached hydrogens (tertiary/aromatic N) is 1. The number of H-pyrrole nitrogens is 1. The molecule has 0 aliphatic carbocycles. The van der Waals surface area contributed by atoms with Crippen molar-refractivity contribution in [3.05, 3.63) is 18.2 Å². The number of carboxylic acids is 2. The molecule has 1 aromatic rings.